The van der Waals surface area contributed by atoms with Gasteiger partial charge in [-0.3, -0.25) is 0 Å². The number of allylic oxidation sites excluding steroid dienone is 1. The highest BCUT2D eigenvalue weighted by Crippen LogP contribution is 2.29. The van der Waals surface area contributed by atoms with Crippen LogP contribution in [0.5, 0.6) is 5.88 Å². The third-order valence-corrected chi connectivity index (χ3v) is 2.95. The van der Waals surface area contributed by atoms with Crippen molar-refractivity contribution < 1.29 is 14.3 Å². The molecule has 0 aliphatic carbocycles. The van der Waals surface area contributed by atoms with Crippen LogP contribution in [0, 0.1) is 0 Å². The Kier molecular flexibility index (Phi) is 2.83. The number of nitrogens with zero attached hydrogens (tertiary/aromatic N) is 2. The summed E-state index contributed by atoms with van der Waals surface area (Å²) in [5.41, 5.74) is 1.88. The van der Waals surface area contributed by atoms with Crippen molar-refractivity contribution in [3.05, 3.63) is 47.7 Å². The average molecular weight is 259 g/mol. The maximum Gasteiger partial charge on any atom is 0.412 e. The van der Waals surface area contributed by atoms with E-state index in [1.807, 2.05) is 12.1 Å². The van der Waals surface area contributed by atoms with Gasteiger partial charge >= 0.3 is 6.09 Å². The third kappa shape index (κ3) is 2.24. The van der Waals surface area contributed by atoms with Crippen molar-refractivity contribution in [2.75, 3.05) is 13.6 Å². The summed E-state index contributed by atoms with van der Waals surface area (Å²) in [7, 11) is 1.53. The first-order valence-electron chi connectivity index (χ1n) is 5.92. The van der Waals surface area contributed by atoms with E-state index < -0.39 is 6.09 Å². The monoisotopic (exact) mass is 259 g/mol. The number of rotatable bonds is 1. The predicted octanol–water partition coefficient (Wildman–Crippen LogP) is 1.37. The van der Waals surface area contributed by atoms with Crippen LogP contribution in [0.25, 0.3) is 0 Å². The van der Waals surface area contributed by atoms with Crippen LogP contribution < -0.4 is 10.1 Å². The van der Waals surface area contributed by atoms with Crippen molar-refractivity contribution >= 4 is 6.09 Å². The van der Waals surface area contributed by atoms with Crippen molar-refractivity contribution in [3.8, 4) is 5.88 Å². The van der Waals surface area contributed by atoms with E-state index in [9.17, 15) is 4.79 Å². The SMILES string of the molecule is CNC(=O)OC1=CC2=COc3ncccc3CN2C1. The van der Waals surface area contributed by atoms with Crippen LogP contribution in [0.3, 0.4) is 0 Å². The summed E-state index contributed by atoms with van der Waals surface area (Å²) in [6, 6.07) is 3.84. The molecule has 6 heteroatoms. The van der Waals surface area contributed by atoms with Crippen molar-refractivity contribution in [2.24, 2.45) is 0 Å². The number of hydrogen-bond donors (Lipinski definition) is 1. The van der Waals surface area contributed by atoms with Gasteiger partial charge in [0.25, 0.3) is 0 Å². The number of hydrogen-bond acceptors (Lipinski definition) is 5. The molecule has 2 aliphatic rings. The molecule has 1 aromatic rings. The van der Waals surface area contributed by atoms with Gasteiger partial charge in [0.05, 0.1) is 12.2 Å². The van der Waals surface area contributed by atoms with E-state index in [1.165, 1.54) is 7.05 Å². The minimum atomic E-state index is -0.465. The van der Waals surface area contributed by atoms with Crippen LogP contribution in [0.2, 0.25) is 0 Å². The number of carbonyl (C=O) groups is 1. The van der Waals surface area contributed by atoms with Gasteiger partial charge in [0.15, 0.2) is 0 Å². The Labute approximate surface area is 110 Å². The van der Waals surface area contributed by atoms with E-state index in [-0.39, 0.29) is 0 Å². The summed E-state index contributed by atoms with van der Waals surface area (Å²) in [5, 5.41) is 2.42. The van der Waals surface area contributed by atoms with Gasteiger partial charge in [-0.15, -0.1) is 0 Å². The lowest BCUT2D eigenvalue weighted by atomic mass is 10.2. The number of pyridine rings is 1. The molecule has 0 aromatic carbocycles. The molecular formula is C13H13N3O3. The summed E-state index contributed by atoms with van der Waals surface area (Å²) >= 11 is 0. The summed E-state index contributed by atoms with van der Waals surface area (Å²) in [6.07, 6.45) is 4.65. The highest BCUT2D eigenvalue weighted by atomic mass is 16.6. The van der Waals surface area contributed by atoms with Crippen LogP contribution >= 0.6 is 0 Å². The van der Waals surface area contributed by atoms with E-state index in [0.29, 0.717) is 24.7 Å². The molecular weight excluding hydrogens is 246 g/mol. The Morgan fingerprint density at radius 2 is 2.42 bits per heavy atom. The largest absolute Gasteiger partial charge is 0.444 e. The molecule has 0 spiro atoms. The lowest BCUT2D eigenvalue weighted by molar-refractivity contribution is 0.173. The summed E-state index contributed by atoms with van der Waals surface area (Å²) < 4.78 is 10.7. The van der Waals surface area contributed by atoms with E-state index in [2.05, 4.69) is 15.2 Å². The molecule has 1 N–H and O–H groups in total. The van der Waals surface area contributed by atoms with E-state index in [1.54, 1.807) is 18.5 Å². The molecule has 0 unspecified atom stereocenters. The zero-order valence-corrected chi connectivity index (χ0v) is 10.4. The number of carbonyl (C=O) groups excluding carboxylic acids is 1. The molecule has 1 aromatic heterocycles. The van der Waals surface area contributed by atoms with Crippen molar-refractivity contribution in [1.82, 2.24) is 15.2 Å². The fourth-order valence-electron chi connectivity index (χ4n) is 2.04. The predicted molar refractivity (Wildman–Crippen MR) is 67.0 cm³/mol. The van der Waals surface area contributed by atoms with Crippen LogP contribution in [0.1, 0.15) is 5.56 Å². The van der Waals surface area contributed by atoms with Crippen LogP contribution in [-0.2, 0) is 11.3 Å². The maximum atomic E-state index is 11.2. The number of ether oxygens (including phenoxy) is 2. The molecule has 0 bridgehead atoms. The van der Waals surface area contributed by atoms with Crippen LogP contribution in [-0.4, -0.2) is 29.6 Å². The Balaban J connectivity index is 1.80. The minimum absolute atomic E-state index is 0.465. The van der Waals surface area contributed by atoms with Crippen molar-refractivity contribution in [1.29, 1.82) is 0 Å². The maximum absolute atomic E-state index is 11.2. The van der Waals surface area contributed by atoms with E-state index >= 15 is 0 Å². The van der Waals surface area contributed by atoms with Crippen LogP contribution in [0.15, 0.2) is 42.1 Å². The van der Waals surface area contributed by atoms with Gasteiger partial charge in [-0.2, -0.15) is 0 Å². The minimum Gasteiger partial charge on any atom is -0.444 e. The first-order valence-corrected chi connectivity index (χ1v) is 5.92. The standard InChI is InChI=1S/C13H13N3O3/c1-14-13(17)19-11-5-10-8-18-12-9(3-2-4-15-12)6-16(10)7-11/h2-5,8H,6-7H2,1H3,(H,14,17). The third-order valence-electron chi connectivity index (χ3n) is 2.95. The summed E-state index contributed by atoms with van der Waals surface area (Å²) in [6.45, 7) is 1.21. The molecule has 2 aliphatic heterocycles. The Hall–Kier alpha value is -2.50. The Bertz CT molecular complexity index is 580. The molecule has 1 amide bonds. The van der Waals surface area contributed by atoms with Gasteiger partial charge in [0.2, 0.25) is 5.88 Å². The van der Waals surface area contributed by atoms with E-state index in [4.69, 9.17) is 9.47 Å². The second kappa shape index (κ2) is 4.64. The molecule has 98 valence electrons. The second-order valence-corrected chi connectivity index (χ2v) is 4.23. The Morgan fingerprint density at radius 1 is 1.53 bits per heavy atom. The lowest BCUT2D eigenvalue weighted by Crippen LogP contribution is -2.22. The number of amides is 1. The molecule has 0 saturated carbocycles. The molecule has 3 rings (SSSR count). The van der Waals surface area contributed by atoms with Gasteiger partial charge < -0.3 is 19.7 Å². The van der Waals surface area contributed by atoms with Gasteiger partial charge in [-0.05, 0) is 6.07 Å². The first kappa shape index (κ1) is 11.6. The fourth-order valence-corrected chi connectivity index (χ4v) is 2.04. The summed E-state index contributed by atoms with van der Waals surface area (Å²) in [5.74, 6) is 1.22. The molecule has 0 radical (unpaired) electrons. The second-order valence-electron chi connectivity index (χ2n) is 4.23. The molecule has 0 atom stereocenters. The number of alkyl carbamates (subject to hydrolysis) is 1. The van der Waals surface area contributed by atoms with Crippen LogP contribution in [0.4, 0.5) is 4.79 Å². The van der Waals surface area contributed by atoms with Gasteiger partial charge in [-0.25, -0.2) is 9.78 Å². The zero-order valence-electron chi connectivity index (χ0n) is 10.4. The average Bonchev–Trinajstić information content (AvgIpc) is 2.71. The highest BCUT2D eigenvalue weighted by molar-refractivity contribution is 5.68. The Morgan fingerprint density at radius 3 is 3.26 bits per heavy atom. The van der Waals surface area contributed by atoms with Gasteiger partial charge in [0.1, 0.15) is 12.0 Å². The zero-order chi connectivity index (χ0) is 13.2. The normalized spacial score (nSPS) is 16.4. The fraction of sp³-hybridized carbons (Fsp3) is 0.231. The summed E-state index contributed by atoms with van der Waals surface area (Å²) in [4.78, 5) is 17.4. The topological polar surface area (TPSA) is 63.7 Å². The smallest absolute Gasteiger partial charge is 0.412 e. The molecule has 3 heterocycles. The first-order chi connectivity index (χ1) is 9.26. The lowest BCUT2D eigenvalue weighted by Gasteiger charge is -2.17. The van der Waals surface area contributed by atoms with Gasteiger partial charge in [0, 0.05) is 31.4 Å². The number of fused-ring (bicyclic) bond motifs is 2. The van der Waals surface area contributed by atoms with Crippen molar-refractivity contribution in [2.45, 2.75) is 6.54 Å². The van der Waals surface area contributed by atoms with Crippen molar-refractivity contribution in [3.63, 3.8) is 0 Å². The van der Waals surface area contributed by atoms with Gasteiger partial charge in [-0.1, -0.05) is 6.07 Å². The molecule has 0 saturated heterocycles. The number of aromatic nitrogens is 1. The molecule has 0 fully saturated rings. The molecule has 6 nitrogen and oxygen atoms in total. The van der Waals surface area contributed by atoms with E-state index in [0.717, 1.165) is 11.3 Å². The number of nitrogens with one attached hydrogen (secondary N) is 1. The molecule has 19 heavy (non-hydrogen) atoms. The quantitative estimate of drug-likeness (QED) is 0.825. The highest BCUT2D eigenvalue weighted by Gasteiger charge is 2.25.